The van der Waals surface area contributed by atoms with Gasteiger partial charge in [0.25, 0.3) is 0 Å². The Bertz CT molecular complexity index is 390. The molecule has 2 aliphatic carbocycles. The van der Waals surface area contributed by atoms with Crippen LogP contribution in [0.25, 0.3) is 0 Å². The number of ether oxygens (including phenoxy) is 1. The van der Waals surface area contributed by atoms with Gasteiger partial charge in [0.15, 0.2) is 0 Å². The fraction of sp³-hybridized carbons (Fsp3) is 0.733. The van der Waals surface area contributed by atoms with Gasteiger partial charge in [0, 0.05) is 0 Å². The predicted molar refractivity (Wildman–Crippen MR) is 66.2 cm³/mol. The number of hydrogen-bond donors (Lipinski definition) is 0. The van der Waals surface area contributed by atoms with Gasteiger partial charge in [0.05, 0.1) is 11.7 Å². The van der Waals surface area contributed by atoms with E-state index in [2.05, 4.69) is 40.3 Å². The highest BCUT2D eigenvalue weighted by Gasteiger charge is 2.63. The third-order valence-electron chi connectivity index (χ3n) is 4.84. The first-order valence-corrected chi connectivity index (χ1v) is 6.40. The molecule has 16 heavy (non-hydrogen) atoms. The van der Waals surface area contributed by atoms with Crippen LogP contribution < -0.4 is 0 Å². The Morgan fingerprint density at radius 2 is 2.12 bits per heavy atom. The van der Waals surface area contributed by atoms with Crippen LogP contribution in [0.5, 0.6) is 0 Å². The van der Waals surface area contributed by atoms with Gasteiger partial charge in [-0.05, 0) is 61.2 Å². The van der Waals surface area contributed by atoms with E-state index in [9.17, 15) is 0 Å². The lowest BCUT2D eigenvalue weighted by Crippen LogP contribution is -2.41. The number of fused-ring (bicyclic) bond motifs is 3. The highest BCUT2D eigenvalue weighted by atomic mass is 16.5. The van der Waals surface area contributed by atoms with Crippen LogP contribution in [0.15, 0.2) is 23.8 Å². The second-order valence-electron chi connectivity index (χ2n) is 6.76. The van der Waals surface area contributed by atoms with Gasteiger partial charge in [0.2, 0.25) is 0 Å². The van der Waals surface area contributed by atoms with Crippen molar-refractivity contribution in [2.24, 2.45) is 17.3 Å². The minimum atomic E-state index is 0.00995. The van der Waals surface area contributed by atoms with Gasteiger partial charge in [-0.3, -0.25) is 0 Å². The summed E-state index contributed by atoms with van der Waals surface area (Å²) >= 11 is 0. The fourth-order valence-electron chi connectivity index (χ4n) is 4.02. The monoisotopic (exact) mass is 218 g/mol. The Balaban J connectivity index is 2.03. The average Bonchev–Trinajstić information content (AvgIpc) is 2.79. The van der Waals surface area contributed by atoms with E-state index >= 15 is 0 Å². The third-order valence-corrected chi connectivity index (χ3v) is 4.84. The lowest BCUT2D eigenvalue weighted by atomic mass is 9.66. The summed E-state index contributed by atoms with van der Waals surface area (Å²) in [6.45, 7) is 13.2. The van der Waals surface area contributed by atoms with E-state index in [1.165, 1.54) is 18.4 Å². The molecule has 0 aromatic rings. The number of hydrogen-bond acceptors (Lipinski definition) is 1. The topological polar surface area (TPSA) is 9.23 Å². The van der Waals surface area contributed by atoms with Gasteiger partial charge in [0.1, 0.15) is 0 Å². The molecule has 0 N–H and O–H groups in total. The van der Waals surface area contributed by atoms with Crippen molar-refractivity contribution < 1.29 is 4.74 Å². The smallest absolute Gasteiger partial charge is 0.0977 e. The van der Waals surface area contributed by atoms with Crippen molar-refractivity contribution in [3.05, 3.63) is 23.8 Å². The zero-order chi connectivity index (χ0) is 11.7. The molecule has 88 valence electrons. The predicted octanol–water partition coefficient (Wildman–Crippen LogP) is 3.71. The maximum atomic E-state index is 6.31. The minimum Gasteiger partial charge on any atom is -0.359 e. The quantitative estimate of drug-likeness (QED) is 0.610. The zero-order valence-corrected chi connectivity index (χ0v) is 10.8. The highest BCUT2D eigenvalue weighted by Crippen LogP contribution is 2.65. The Kier molecular flexibility index (Phi) is 1.86. The first kappa shape index (κ1) is 10.6. The molecule has 4 atom stereocenters. The van der Waals surface area contributed by atoms with Crippen molar-refractivity contribution in [1.29, 1.82) is 0 Å². The minimum absolute atomic E-state index is 0.00995. The molecule has 2 fully saturated rings. The summed E-state index contributed by atoms with van der Waals surface area (Å²) in [5, 5.41) is 0. The van der Waals surface area contributed by atoms with Crippen LogP contribution in [-0.2, 0) is 4.74 Å². The summed E-state index contributed by atoms with van der Waals surface area (Å²) in [7, 11) is 0. The van der Waals surface area contributed by atoms with Gasteiger partial charge >= 0.3 is 0 Å². The van der Waals surface area contributed by atoms with Crippen molar-refractivity contribution in [1.82, 2.24) is 0 Å². The Hall–Kier alpha value is -0.560. The van der Waals surface area contributed by atoms with E-state index in [0.29, 0.717) is 5.41 Å². The largest absolute Gasteiger partial charge is 0.359 e. The molecule has 1 heteroatoms. The van der Waals surface area contributed by atoms with E-state index in [1.807, 2.05) is 0 Å². The summed E-state index contributed by atoms with van der Waals surface area (Å²) in [6.07, 6.45) is 5.20. The Morgan fingerprint density at radius 1 is 1.44 bits per heavy atom. The van der Waals surface area contributed by atoms with Crippen LogP contribution in [0.1, 0.15) is 40.5 Å². The molecule has 4 unspecified atom stereocenters. The van der Waals surface area contributed by atoms with Crippen molar-refractivity contribution in [2.45, 2.75) is 52.2 Å². The summed E-state index contributed by atoms with van der Waals surface area (Å²) in [6, 6.07) is 0. The van der Waals surface area contributed by atoms with E-state index in [-0.39, 0.29) is 11.7 Å². The first-order valence-electron chi connectivity index (χ1n) is 6.40. The van der Waals surface area contributed by atoms with Crippen molar-refractivity contribution >= 4 is 0 Å². The molecular formula is C15H22O. The molecule has 0 radical (unpaired) electrons. The van der Waals surface area contributed by atoms with Gasteiger partial charge in [-0.2, -0.15) is 0 Å². The van der Waals surface area contributed by atoms with Gasteiger partial charge in [-0.15, -0.1) is 0 Å². The third kappa shape index (κ3) is 1.21. The summed E-state index contributed by atoms with van der Waals surface area (Å²) in [5.74, 6) is 1.68. The molecule has 1 heterocycles. The van der Waals surface area contributed by atoms with Crippen molar-refractivity contribution in [3.8, 4) is 0 Å². The molecule has 0 spiro atoms. The van der Waals surface area contributed by atoms with E-state index < -0.39 is 0 Å². The highest BCUT2D eigenvalue weighted by molar-refractivity contribution is 5.38. The zero-order valence-electron chi connectivity index (χ0n) is 10.8. The summed E-state index contributed by atoms with van der Waals surface area (Å²) in [4.78, 5) is 0. The van der Waals surface area contributed by atoms with E-state index in [4.69, 9.17) is 4.74 Å². The molecule has 0 aromatic heterocycles. The lowest BCUT2D eigenvalue weighted by molar-refractivity contribution is -0.0414. The van der Waals surface area contributed by atoms with Crippen LogP contribution in [0.2, 0.25) is 0 Å². The van der Waals surface area contributed by atoms with Crippen LogP contribution >= 0.6 is 0 Å². The van der Waals surface area contributed by atoms with Crippen molar-refractivity contribution in [2.75, 3.05) is 0 Å². The van der Waals surface area contributed by atoms with Gasteiger partial charge < -0.3 is 4.74 Å². The van der Waals surface area contributed by atoms with E-state index in [0.717, 1.165) is 17.4 Å². The Morgan fingerprint density at radius 3 is 2.75 bits per heavy atom. The van der Waals surface area contributed by atoms with Gasteiger partial charge in [-0.25, -0.2) is 0 Å². The van der Waals surface area contributed by atoms with Gasteiger partial charge in [-0.1, -0.05) is 20.4 Å². The van der Waals surface area contributed by atoms with Crippen LogP contribution in [-0.4, -0.2) is 11.7 Å². The summed E-state index contributed by atoms with van der Waals surface area (Å²) < 4.78 is 6.31. The lowest BCUT2D eigenvalue weighted by Gasteiger charge is -2.42. The Labute approximate surface area is 98.6 Å². The molecule has 3 aliphatic rings. The van der Waals surface area contributed by atoms with E-state index in [1.54, 1.807) is 0 Å². The molecule has 0 aromatic carbocycles. The summed E-state index contributed by atoms with van der Waals surface area (Å²) in [5.41, 5.74) is 3.00. The molecule has 1 nitrogen and oxygen atoms in total. The van der Waals surface area contributed by atoms with Crippen molar-refractivity contribution in [3.63, 3.8) is 0 Å². The molecule has 0 amide bonds. The number of rotatable bonds is 1. The van der Waals surface area contributed by atoms with Crippen LogP contribution in [0.4, 0.5) is 0 Å². The second-order valence-corrected chi connectivity index (χ2v) is 6.76. The molecule has 3 rings (SSSR count). The molecule has 0 bridgehead atoms. The molecular weight excluding hydrogens is 196 g/mol. The molecule has 0 saturated heterocycles. The maximum Gasteiger partial charge on any atom is 0.0977 e. The fourth-order valence-corrected chi connectivity index (χ4v) is 4.02. The standard InChI is InChI=1S/C15H22O/c1-9(2)12-7-13-14(3,4)8-10-6-11(10)15(13,5)16-12/h7,10-12H,1,6,8H2,2-5H3. The molecule has 2 saturated carbocycles. The van der Waals surface area contributed by atoms with Crippen LogP contribution in [0.3, 0.4) is 0 Å². The molecule has 1 aliphatic heterocycles. The average molecular weight is 218 g/mol. The second kappa shape index (κ2) is 2.81. The SMILES string of the molecule is C=C(C)C1C=C2C(C)(C)CC3CC3C2(C)O1. The first-order chi connectivity index (χ1) is 7.34. The van der Waals surface area contributed by atoms with Crippen LogP contribution in [0, 0.1) is 17.3 Å². The normalized spacial score (nSPS) is 48.0. The maximum absolute atomic E-state index is 6.31.